The lowest BCUT2D eigenvalue weighted by molar-refractivity contribution is -0.0166. The van der Waals surface area contributed by atoms with Gasteiger partial charge in [-0.25, -0.2) is 0 Å². The van der Waals surface area contributed by atoms with Crippen LogP contribution in [0.15, 0.2) is 0 Å². The Morgan fingerprint density at radius 3 is 2.12 bits per heavy atom. The van der Waals surface area contributed by atoms with Gasteiger partial charge in [-0.2, -0.15) is 8.78 Å². The van der Waals surface area contributed by atoms with E-state index >= 15 is 0 Å². The molecule has 0 amide bonds. The van der Waals surface area contributed by atoms with Crippen molar-refractivity contribution in [3.63, 3.8) is 0 Å². The van der Waals surface area contributed by atoms with Gasteiger partial charge in [0.25, 0.3) is 6.05 Å². The summed E-state index contributed by atoms with van der Waals surface area (Å²) in [7, 11) is 0. The second-order valence-corrected chi connectivity index (χ2v) is 2.31. The molecule has 0 aromatic rings. The smallest absolute Gasteiger partial charge is 0.256 e. The van der Waals surface area contributed by atoms with Crippen LogP contribution in [-0.2, 0) is 0 Å². The van der Waals surface area contributed by atoms with E-state index < -0.39 is 6.05 Å². The fourth-order valence-corrected chi connectivity index (χ4v) is 0.586. The lowest BCUT2D eigenvalue weighted by Gasteiger charge is -2.09. The number of rotatable bonds is 2. The third-order valence-corrected chi connectivity index (χ3v) is 1.03. The molecule has 1 saturated carbocycles. The topological polar surface area (TPSA) is 12.0 Å². The van der Waals surface area contributed by atoms with E-state index in [0.29, 0.717) is 0 Å². The fourth-order valence-electron chi connectivity index (χ4n) is 0.586. The molecule has 0 aromatic heterocycles. The van der Waals surface area contributed by atoms with E-state index in [2.05, 4.69) is 5.32 Å². The van der Waals surface area contributed by atoms with E-state index in [1.165, 1.54) is 0 Å². The molecule has 3 heteroatoms. The third-order valence-electron chi connectivity index (χ3n) is 1.03. The maximum absolute atomic E-state index is 11.9. The van der Waals surface area contributed by atoms with Crippen LogP contribution in [0.1, 0.15) is 19.8 Å². The molecule has 0 heterocycles. The quantitative estimate of drug-likeness (QED) is 0.544. The van der Waals surface area contributed by atoms with E-state index in [1.54, 1.807) is 0 Å². The number of alkyl halides is 2. The first-order chi connectivity index (χ1) is 3.58. The van der Waals surface area contributed by atoms with Crippen LogP contribution in [-0.4, -0.2) is 12.1 Å². The van der Waals surface area contributed by atoms with E-state index in [-0.39, 0.29) is 6.04 Å². The van der Waals surface area contributed by atoms with Crippen LogP contribution in [0.2, 0.25) is 0 Å². The Bertz CT molecular complexity index is 82.9. The van der Waals surface area contributed by atoms with Gasteiger partial charge in [-0.05, 0) is 12.8 Å². The van der Waals surface area contributed by atoms with Gasteiger partial charge in [-0.15, -0.1) is 0 Å². The van der Waals surface area contributed by atoms with Crippen LogP contribution in [0.25, 0.3) is 0 Å². The Kier molecular flexibility index (Phi) is 1.23. The lowest BCUT2D eigenvalue weighted by atomic mass is 10.6. The molecule has 0 spiro atoms. The van der Waals surface area contributed by atoms with Crippen molar-refractivity contribution in [3.05, 3.63) is 0 Å². The number of hydrogen-bond donors (Lipinski definition) is 1. The van der Waals surface area contributed by atoms with Crippen LogP contribution in [0, 0.1) is 0 Å². The molecule has 1 N–H and O–H groups in total. The molecule has 1 nitrogen and oxygen atoms in total. The standard InChI is InChI=1S/C5H9F2N/c1-5(6,7)8-4-2-3-4/h4,8H,2-3H2,1H3. The molecule has 1 aliphatic rings. The predicted molar refractivity (Wildman–Crippen MR) is 26.8 cm³/mol. The Morgan fingerprint density at radius 2 is 2.00 bits per heavy atom. The highest BCUT2D eigenvalue weighted by molar-refractivity contribution is 4.82. The van der Waals surface area contributed by atoms with Gasteiger partial charge >= 0.3 is 0 Å². The fraction of sp³-hybridized carbons (Fsp3) is 1.00. The Hall–Kier alpha value is -0.180. The van der Waals surface area contributed by atoms with Crippen molar-refractivity contribution >= 4 is 0 Å². The van der Waals surface area contributed by atoms with Gasteiger partial charge in [0.15, 0.2) is 0 Å². The van der Waals surface area contributed by atoms with E-state index in [9.17, 15) is 8.78 Å². The molecule has 0 aromatic carbocycles. The number of halogens is 2. The minimum atomic E-state index is -2.67. The average molecular weight is 121 g/mol. The third kappa shape index (κ3) is 2.21. The monoisotopic (exact) mass is 121 g/mol. The molecule has 48 valence electrons. The van der Waals surface area contributed by atoms with Crippen LogP contribution in [0.5, 0.6) is 0 Å². The summed E-state index contributed by atoms with van der Waals surface area (Å²) < 4.78 is 23.8. The number of hydrogen-bond acceptors (Lipinski definition) is 1. The molecule has 0 atom stereocenters. The predicted octanol–water partition coefficient (Wildman–Crippen LogP) is 1.35. The van der Waals surface area contributed by atoms with Crippen molar-refractivity contribution < 1.29 is 8.78 Å². The van der Waals surface area contributed by atoms with Gasteiger partial charge in [-0.3, -0.25) is 5.32 Å². The Balaban J connectivity index is 2.16. The van der Waals surface area contributed by atoms with Crippen molar-refractivity contribution in [3.8, 4) is 0 Å². The SMILES string of the molecule is CC(F)(F)NC1CC1. The first-order valence-electron chi connectivity index (χ1n) is 2.73. The minimum Gasteiger partial charge on any atom is -0.256 e. The van der Waals surface area contributed by atoms with Gasteiger partial charge in [0.05, 0.1) is 0 Å². The summed E-state index contributed by atoms with van der Waals surface area (Å²) in [4.78, 5) is 0. The van der Waals surface area contributed by atoms with Crippen LogP contribution in [0.4, 0.5) is 8.78 Å². The lowest BCUT2D eigenvalue weighted by Crippen LogP contribution is -2.34. The van der Waals surface area contributed by atoms with Crippen molar-refractivity contribution in [2.24, 2.45) is 0 Å². The first-order valence-corrected chi connectivity index (χ1v) is 2.73. The average Bonchev–Trinajstić information content (AvgIpc) is 2.12. The minimum absolute atomic E-state index is 0.0926. The van der Waals surface area contributed by atoms with Crippen molar-refractivity contribution in [1.29, 1.82) is 0 Å². The van der Waals surface area contributed by atoms with Crippen molar-refractivity contribution in [1.82, 2.24) is 5.32 Å². The molecule has 1 fully saturated rings. The molecular formula is C5H9F2N. The van der Waals surface area contributed by atoms with Crippen molar-refractivity contribution in [2.75, 3.05) is 0 Å². The highest BCUT2D eigenvalue weighted by atomic mass is 19.3. The molecule has 8 heavy (non-hydrogen) atoms. The molecule has 0 saturated heterocycles. The summed E-state index contributed by atoms with van der Waals surface area (Å²) in [6.45, 7) is 0.880. The molecule has 0 unspecified atom stereocenters. The molecule has 0 aliphatic heterocycles. The van der Waals surface area contributed by atoms with E-state index in [0.717, 1.165) is 19.8 Å². The summed E-state index contributed by atoms with van der Waals surface area (Å²) >= 11 is 0. The van der Waals surface area contributed by atoms with Gasteiger partial charge < -0.3 is 0 Å². The van der Waals surface area contributed by atoms with Gasteiger partial charge in [0.2, 0.25) is 0 Å². The molecule has 1 rings (SSSR count). The second-order valence-electron chi connectivity index (χ2n) is 2.31. The first kappa shape index (κ1) is 5.95. The zero-order chi connectivity index (χ0) is 6.20. The summed E-state index contributed by atoms with van der Waals surface area (Å²) in [6.07, 6.45) is 1.81. The maximum atomic E-state index is 11.9. The zero-order valence-corrected chi connectivity index (χ0v) is 4.75. The zero-order valence-electron chi connectivity index (χ0n) is 4.75. The summed E-state index contributed by atoms with van der Waals surface area (Å²) in [5, 5.41) is 2.16. The van der Waals surface area contributed by atoms with Gasteiger partial charge in [-0.1, -0.05) is 0 Å². The molecular weight excluding hydrogens is 112 g/mol. The molecule has 0 bridgehead atoms. The highest BCUT2D eigenvalue weighted by Gasteiger charge is 2.31. The van der Waals surface area contributed by atoms with Crippen LogP contribution < -0.4 is 5.32 Å². The van der Waals surface area contributed by atoms with E-state index in [1.807, 2.05) is 0 Å². The Labute approximate surface area is 47.1 Å². The van der Waals surface area contributed by atoms with Crippen molar-refractivity contribution in [2.45, 2.75) is 31.9 Å². The highest BCUT2D eigenvalue weighted by Crippen LogP contribution is 2.23. The second kappa shape index (κ2) is 1.65. The normalized spacial score (nSPS) is 21.4. The number of nitrogens with one attached hydrogen (secondary N) is 1. The largest absolute Gasteiger partial charge is 0.299 e. The molecule has 0 radical (unpaired) electrons. The summed E-state index contributed by atoms with van der Waals surface area (Å²) in [5.74, 6) is 0. The molecule has 1 aliphatic carbocycles. The Morgan fingerprint density at radius 1 is 1.50 bits per heavy atom. The van der Waals surface area contributed by atoms with Gasteiger partial charge in [0.1, 0.15) is 0 Å². The van der Waals surface area contributed by atoms with E-state index in [4.69, 9.17) is 0 Å². The van der Waals surface area contributed by atoms with Gasteiger partial charge in [0, 0.05) is 13.0 Å². The summed E-state index contributed by atoms with van der Waals surface area (Å²) in [6, 6.07) is -2.57. The van der Waals surface area contributed by atoms with Crippen LogP contribution in [0.3, 0.4) is 0 Å². The maximum Gasteiger partial charge on any atom is 0.299 e. The van der Waals surface area contributed by atoms with Crippen LogP contribution >= 0.6 is 0 Å². The summed E-state index contributed by atoms with van der Waals surface area (Å²) in [5.41, 5.74) is 0.